The number of fused-ring (bicyclic) bond motifs is 3. The van der Waals surface area contributed by atoms with E-state index in [1.54, 1.807) is 5.55 Å². The molecule has 0 spiro atoms. The summed E-state index contributed by atoms with van der Waals surface area (Å²) in [6.07, 6.45) is 1.94. The number of rotatable bonds is 1. The van der Waals surface area contributed by atoms with Gasteiger partial charge in [0.05, 0.1) is 11.2 Å². The smallest absolute Gasteiger partial charge is 0.256 e. The van der Waals surface area contributed by atoms with E-state index in [0.717, 1.165) is 11.3 Å². The second-order valence-corrected chi connectivity index (χ2v) is 5.52. The van der Waals surface area contributed by atoms with Crippen molar-refractivity contribution in [3.8, 4) is 0 Å². The maximum atomic E-state index is 12.1. The maximum absolute atomic E-state index is 12.1. The van der Waals surface area contributed by atoms with Crippen molar-refractivity contribution in [2.75, 3.05) is 0 Å². The predicted octanol–water partition coefficient (Wildman–Crippen LogP) is 1.10. The molecule has 100 valence electrons. The minimum atomic E-state index is -0.399. The van der Waals surface area contributed by atoms with Gasteiger partial charge in [-0.3, -0.25) is 9.98 Å². The quantitative estimate of drug-likeness (QED) is 0.853. The third-order valence-corrected chi connectivity index (χ3v) is 4.39. The van der Waals surface area contributed by atoms with E-state index in [-0.39, 0.29) is 11.4 Å². The highest BCUT2D eigenvalue weighted by atomic mass is 32.2. The molecule has 4 rings (SSSR count). The molecule has 20 heavy (non-hydrogen) atoms. The standard InChI is InChI=1S/C13H10N4O2S/c18-12-15-13(19)17-11-9(14-7-20-11)6-10(16(12)17)8-4-2-1-3-5-8/h1-7,10-11H,(H,15,18,19). The van der Waals surface area contributed by atoms with E-state index in [2.05, 4.69) is 9.98 Å². The Hall–Kier alpha value is -2.28. The summed E-state index contributed by atoms with van der Waals surface area (Å²) in [5.74, 6) is 0. The number of aliphatic imine (C=N–C) groups is 1. The molecular formula is C13H10N4O2S. The third kappa shape index (κ3) is 1.50. The molecule has 2 atom stereocenters. The van der Waals surface area contributed by atoms with Crippen molar-refractivity contribution < 1.29 is 0 Å². The van der Waals surface area contributed by atoms with Gasteiger partial charge in [0.25, 0.3) is 0 Å². The number of hydrogen-bond acceptors (Lipinski definition) is 4. The van der Waals surface area contributed by atoms with Gasteiger partial charge in [-0.25, -0.2) is 19.0 Å². The molecule has 0 saturated heterocycles. The number of thioether (sulfide) groups is 1. The first-order valence-corrected chi connectivity index (χ1v) is 7.08. The fraction of sp³-hybridized carbons (Fsp3) is 0.154. The topological polar surface area (TPSA) is 72.2 Å². The second-order valence-electron chi connectivity index (χ2n) is 4.59. The van der Waals surface area contributed by atoms with Crippen LogP contribution in [0.15, 0.2) is 56.7 Å². The van der Waals surface area contributed by atoms with Crippen LogP contribution in [0.5, 0.6) is 0 Å². The largest absolute Gasteiger partial charge is 0.345 e. The fourth-order valence-corrected chi connectivity index (χ4v) is 3.48. The van der Waals surface area contributed by atoms with E-state index >= 15 is 0 Å². The van der Waals surface area contributed by atoms with Crippen LogP contribution >= 0.6 is 11.8 Å². The highest BCUT2D eigenvalue weighted by Gasteiger charge is 2.34. The maximum Gasteiger partial charge on any atom is 0.345 e. The summed E-state index contributed by atoms with van der Waals surface area (Å²) in [5, 5.41) is -0.249. The molecule has 2 aliphatic heterocycles. The van der Waals surface area contributed by atoms with Gasteiger partial charge < -0.3 is 0 Å². The number of aromatic nitrogens is 3. The number of aromatic amines is 1. The number of hydrogen-bond donors (Lipinski definition) is 1. The average Bonchev–Trinajstić information content (AvgIpc) is 3.04. The van der Waals surface area contributed by atoms with E-state index in [1.807, 2.05) is 36.4 Å². The highest BCUT2D eigenvalue weighted by molar-refractivity contribution is 8.12. The summed E-state index contributed by atoms with van der Waals surface area (Å²) in [6.45, 7) is 0. The van der Waals surface area contributed by atoms with Gasteiger partial charge in [-0.2, -0.15) is 0 Å². The molecule has 1 aromatic carbocycles. The molecular weight excluding hydrogens is 276 g/mol. The van der Waals surface area contributed by atoms with Crippen molar-refractivity contribution in [3.63, 3.8) is 0 Å². The molecule has 7 heteroatoms. The molecule has 2 aromatic rings. The Morgan fingerprint density at radius 1 is 1.10 bits per heavy atom. The summed E-state index contributed by atoms with van der Waals surface area (Å²) in [4.78, 5) is 30.7. The van der Waals surface area contributed by atoms with Crippen LogP contribution in [-0.4, -0.2) is 19.9 Å². The Labute approximate surface area is 117 Å². The molecule has 2 unspecified atom stereocenters. The van der Waals surface area contributed by atoms with Crippen LogP contribution in [0.3, 0.4) is 0 Å². The second kappa shape index (κ2) is 4.11. The first-order chi connectivity index (χ1) is 9.75. The van der Waals surface area contributed by atoms with E-state index in [9.17, 15) is 9.59 Å². The van der Waals surface area contributed by atoms with Crippen LogP contribution in [0.4, 0.5) is 0 Å². The monoisotopic (exact) mass is 286 g/mol. The zero-order valence-electron chi connectivity index (χ0n) is 10.3. The first-order valence-electron chi connectivity index (χ1n) is 6.14. The van der Waals surface area contributed by atoms with Crippen LogP contribution < -0.4 is 11.4 Å². The molecule has 0 radical (unpaired) electrons. The number of benzene rings is 1. The molecule has 3 heterocycles. The van der Waals surface area contributed by atoms with Crippen LogP contribution in [-0.2, 0) is 0 Å². The van der Waals surface area contributed by atoms with Crippen LogP contribution in [0, 0.1) is 0 Å². The lowest BCUT2D eigenvalue weighted by molar-refractivity contribution is 0.420. The zero-order chi connectivity index (χ0) is 13.7. The van der Waals surface area contributed by atoms with Crippen molar-refractivity contribution in [1.82, 2.24) is 14.3 Å². The van der Waals surface area contributed by atoms with Gasteiger partial charge >= 0.3 is 11.4 Å². The summed E-state index contributed by atoms with van der Waals surface area (Å²) in [6, 6.07) is 9.28. The molecule has 0 bridgehead atoms. The Kier molecular flexibility index (Phi) is 2.37. The van der Waals surface area contributed by atoms with Gasteiger partial charge in [0.1, 0.15) is 11.4 Å². The highest BCUT2D eigenvalue weighted by Crippen LogP contribution is 2.39. The van der Waals surface area contributed by atoms with Gasteiger partial charge in [-0.05, 0) is 11.6 Å². The summed E-state index contributed by atoms with van der Waals surface area (Å²) >= 11 is 1.42. The molecule has 1 N–H and O–H groups in total. The summed E-state index contributed by atoms with van der Waals surface area (Å²) < 4.78 is 2.92. The average molecular weight is 286 g/mol. The summed E-state index contributed by atoms with van der Waals surface area (Å²) in [5.41, 5.74) is 2.67. The zero-order valence-corrected chi connectivity index (χ0v) is 11.1. The van der Waals surface area contributed by atoms with Gasteiger partial charge in [0.2, 0.25) is 0 Å². The van der Waals surface area contributed by atoms with Crippen molar-refractivity contribution in [2.45, 2.75) is 11.4 Å². The summed E-state index contributed by atoms with van der Waals surface area (Å²) in [7, 11) is 0. The molecule has 2 aliphatic rings. The normalized spacial score (nSPS) is 23.3. The number of H-pyrrole nitrogens is 1. The minimum Gasteiger partial charge on any atom is -0.256 e. The van der Waals surface area contributed by atoms with Gasteiger partial charge in [-0.1, -0.05) is 42.1 Å². The minimum absolute atomic E-state index is 0.249. The first kappa shape index (κ1) is 11.5. The molecule has 0 fully saturated rings. The van der Waals surface area contributed by atoms with E-state index in [4.69, 9.17) is 0 Å². The Morgan fingerprint density at radius 2 is 1.85 bits per heavy atom. The lowest BCUT2D eigenvalue weighted by atomic mass is 10.0. The number of nitrogens with zero attached hydrogens (tertiary/aromatic N) is 3. The Bertz CT molecular complexity index is 843. The Morgan fingerprint density at radius 3 is 2.65 bits per heavy atom. The number of allylic oxidation sites excluding steroid dienone is 1. The van der Waals surface area contributed by atoms with Crippen molar-refractivity contribution >= 4 is 17.3 Å². The van der Waals surface area contributed by atoms with Gasteiger partial charge in [0.15, 0.2) is 0 Å². The molecule has 0 aliphatic carbocycles. The van der Waals surface area contributed by atoms with Crippen molar-refractivity contribution in [1.29, 1.82) is 0 Å². The van der Waals surface area contributed by atoms with Crippen molar-refractivity contribution in [2.24, 2.45) is 4.99 Å². The van der Waals surface area contributed by atoms with E-state index in [1.165, 1.54) is 21.1 Å². The van der Waals surface area contributed by atoms with Gasteiger partial charge in [-0.15, -0.1) is 0 Å². The Balaban J connectivity index is 2.00. The molecule has 1 aromatic heterocycles. The lowest BCUT2D eigenvalue weighted by Gasteiger charge is -2.26. The van der Waals surface area contributed by atoms with Crippen LogP contribution in [0.2, 0.25) is 0 Å². The van der Waals surface area contributed by atoms with Crippen LogP contribution in [0.25, 0.3) is 0 Å². The lowest BCUT2D eigenvalue weighted by Crippen LogP contribution is -2.35. The number of nitrogens with one attached hydrogen (secondary N) is 1. The van der Waals surface area contributed by atoms with Crippen LogP contribution in [0.1, 0.15) is 17.0 Å². The molecule has 6 nitrogen and oxygen atoms in total. The van der Waals surface area contributed by atoms with E-state index < -0.39 is 11.4 Å². The van der Waals surface area contributed by atoms with Crippen molar-refractivity contribution in [3.05, 3.63) is 68.6 Å². The third-order valence-electron chi connectivity index (χ3n) is 3.46. The van der Waals surface area contributed by atoms with E-state index in [0.29, 0.717) is 0 Å². The molecule has 0 amide bonds. The predicted molar refractivity (Wildman–Crippen MR) is 77.1 cm³/mol. The fourth-order valence-electron chi connectivity index (χ4n) is 2.59. The van der Waals surface area contributed by atoms with Gasteiger partial charge in [0, 0.05) is 0 Å². The molecule has 0 saturated carbocycles. The SMILES string of the molecule is O=c1[nH]c(=O)n2n1C1SC=NC1=CC2c1ccccc1.